The molecule has 4 aliphatic carbocycles. The second-order valence-corrected chi connectivity index (χ2v) is 16.6. The molecule has 0 aromatic rings. The lowest BCUT2D eigenvalue weighted by Crippen LogP contribution is -2.71. The van der Waals surface area contributed by atoms with E-state index >= 15 is 0 Å². The van der Waals surface area contributed by atoms with Crippen LogP contribution in [0.4, 0.5) is 0 Å². The lowest BCUT2D eigenvalue weighted by atomic mass is 9.43. The maximum Gasteiger partial charge on any atom is 0.268 e. The number of carbonyl (C=O) groups is 3. The van der Waals surface area contributed by atoms with E-state index in [1.54, 1.807) is 11.8 Å². The van der Waals surface area contributed by atoms with E-state index in [-0.39, 0.29) is 82.6 Å². The topological polar surface area (TPSA) is 139 Å². The van der Waals surface area contributed by atoms with Crippen LogP contribution >= 0.6 is 11.8 Å². The minimum Gasteiger partial charge on any atom is -0.393 e. The van der Waals surface area contributed by atoms with Crippen LogP contribution < -0.4 is 10.6 Å². The first-order valence-electron chi connectivity index (χ1n) is 17.0. The molecule has 5 N–H and O–H groups in total. The van der Waals surface area contributed by atoms with Crippen molar-refractivity contribution in [3.63, 3.8) is 0 Å². The van der Waals surface area contributed by atoms with Crippen molar-refractivity contribution < 1.29 is 29.7 Å². The Morgan fingerprint density at radius 1 is 1.13 bits per heavy atom. The Balaban J connectivity index is 1.07. The smallest absolute Gasteiger partial charge is 0.268 e. The molecule has 0 radical (unpaired) electrons. The number of nitrogens with one attached hydrogen (secondary N) is 2. The molecular weight excluding hydrogens is 590 g/mol. The van der Waals surface area contributed by atoms with Gasteiger partial charge < -0.3 is 26.0 Å². The highest BCUT2D eigenvalue weighted by atomic mass is 32.2. The summed E-state index contributed by atoms with van der Waals surface area (Å²) in [4.78, 5) is 40.4. The number of aliphatic hydroxyl groups excluding tert-OH is 3. The van der Waals surface area contributed by atoms with E-state index in [0.29, 0.717) is 30.2 Å². The van der Waals surface area contributed by atoms with Crippen LogP contribution in [0.25, 0.3) is 0 Å². The number of hydrogen-bond acceptors (Lipinski definition) is 7. The predicted octanol–water partition coefficient (Wildman–Crippen LogP) is 2.79. The number of terminal acetylenes is 1. The number of nitrogens with zero attached hydrogens (tertiary/aromatic N) is 1. The van der Waals surface area contributed by atoms with Gasteiger partial charge in [0.1, 0.15) is 17.1 Å². The Morgan fingerprint density at radius 3 is 2.62 bits per heavy atom. The summed E-state index contributed by atoms with van der Waals surface area (Å²) in [5.74, 6) is 3.54. The summed E-state index contributed by atoms with van der Waals surface area (Å²) in [6, 6.07) is -0.661. The lowest BCUT2D eigenvalue weighted by molar-refractivity contribution is -0.207. The molecule has 248 valence electrons. The van der Waals surface area contributed by atoms with E-state index in [9.17, 15) is 29.7 Å². The van der Waals surface area contributed by atoms with Crippen molar-refractivity contribution in [3.05, 3.63) is 11.3 Å². The molecule has 45 heavy (non-hydrogen) atoms. The molecule has 0 aromatic heterocycles. The maximum absolute atomic E-state index is 13.2. The molecule has 10 heteroatoms. The third-order valence-electron chi connectivity index (χ3n) is 13.4. The van der Waals surface area contributed by atoms with Crippen molar-refractivity contribution in [2.45, 2.75) is 115 Å². The van der Waals surface area contributed by atoms with Gasteiger partial charge in [-0.1, -0.05) is 26.7 Å². The van der Waals surface area contributed by atoms with E-state index in [1.807, 2.05) is 6.92 Å². The van der Waals surface area contributed by atoms with Gasteiger partial charge in [-0.25, -0.2) is 0 Å². The summed E-state index contributed by atoms with van der Waals surface area (Å²) in [6.45, 7) is 8.68. The number of β-lactam (4-membered cyclic amide) rings is 1. The normalized spacial score (nSPS) is 44.4. The molecule has 0 spiro atoms. The second-order valence-electron chi connectivity index (χ2n) is 15.5. The minimum absolute atomic E-state index is 0.0408. The van der Waals surface area contributed by atoms with Crippen LogP contribution in [-0.2, 0) is 14.4 Å². The minimum atomic E-state index is -0.661. The molecule has 2 aliphatic heterocycles. The molecule has 0 bridgehead atoms. The first-order valence-corrected chi connectivity index (χ1v) is 18.1. The van der Waals surface area contributed by atoms with Gasteiger partial charge in [0.05, 0.1) is 24.9 Å². The van der Waals surface area contributed by atoms with Crippen molar-refractivity contribution in [1.29, 1.82) is 0 Å². The van der Waals surface area contributed by atoms with Crippen LogP contribution in [0.5, 0.6) is 0 Å². The molecule has 3 amide bonds. The Bertz CT molecular complexity index is 1300. The Morgan fingerprint density at radius 2 is 1.89 bits per heavy atom. The number of thioether (sulfide) groups is 1. The molecule has 6 rings (SSSR count). The van der Waals surface area contributed by atoms with Crippen LogP contribution in [0.15, 0.2) is 11.3 Å². The van der Waals surface area contributed by atoms with Gasteiger partial charge in [-0.15, -0.1) is 18.2 Å². The maximum atomic E-state index is 13.2. The summed E-state index contributed by atoms with van der Waals surface area (Å²) in [7, 11) is 0. The van der Waals surface area contributed by atoms with E-state index in [1.165, 1.54) is 4.90 Å². The molecule has 4 saturated carbocycles. The van der Waals surface area contributed by atoms with E-state index in [0.717, 1.165) is 44.1 Å². The highest BCUT2D eigenvalue weighted by Crippen LogP contribution is 2.68. The van der Waals surface area contributed by atoms with Crippen molar-refractivity contribution in [1.82, 2.24) is 15.5 Å². The predicted molar refractivity (Wildman–Crippen MR) is 172 cm³/mol. The number of rotatable bonds is 7. The number of amides is 3. The van der Waals surface area contributed by atoms with Crippen molar-refractivity contribution in [2.75, 3.05) is 12.3 Å². The number of fused-ring (bicyclic) bond motifs is 6. The van der Waals surface area contributed by atoms with Gasteiger partial charge >= 0.3 is 0 Å². The molecule has 13 atom stereocenters. The van der Waals surface area contributed by atoms with Gasteiger partial charge in [0.2, 0.25) is 5.91 Å². The summed E-state index contributed by atoms with van der Waals surface area (Å²) < 4.78 is 0. The Kier molecular flexibility index (Phi) is 8.90. The molecule has 13 unspecified atom stereocenters. The van der Waals surface area contributed by atoms with Crippen LogP contribution in [0, 0.1) is 58.7 Å². The largest absolute Gasteiger partial charge is 0.393 e. The average Bonchev–Trinajstić information content (AvgIpc) is 3.37. The first kappa shape index (κ1) is 32.9. The highest BCUT2D eigenvalue weighted by Gasteiger charge is 2.65. The van der Waals surface area contributed by atoms with E-state index in [4.69, 9.17) is 6.42 Å². The zero-order valence-electron chi connectivity index (χ0n) is 27.1. The molecule has 0 aromatic carbocycles. The summed E-state index contributed by atoms with van der Waals surface area (Å²) >= 11 is 1.54. The van der Waals surface area contributed by atoms with Gasteiger partial charge in [0, 0.05) is 12.2 Å². The Hall–Kier alpha value is -2.06. The standard InChI is InChI=1S/C35H51N3O6S/c1-6-13-36-31(43)30-19(3)17-45-33-29(32(44)38(30)33)37-27(42)10-7-18(2)22-8-9-23-28-24(16-26(41)35(22,23)5)34(4)12-11-21(39)14-20(34)15-25(28)40/h1,18,20-26,28-29,33,39-41H,7-17H2,2-5H3,(H,36,43)(H,37,42). The monoisotopic (exact) mass is 641 g/mol. The second kappa shape index (κ2) is 12.2. The fourth-order valence-corrected chi connectivity index (χ4v) is 12.2. The summed E-state index contributed by atoms with van der Waals surface area (Å²) in [6.07, 6.45) is 10.9. The van der Waals surface area contributed by atoms with Gasteiger partial charge in [0.25, 0.3) is 11.8 Å². The summed E-state index contributed by atoms with van der Waals surface area (Å²) in [5.41, 5.74) is 0.867. The van der Waals surface area contributed by atoms with Gasteiger partial charge in [-0.05, 0) is 110 Å². The zero-order valence-corrected chi connectivity index (χ0v) is 27.9. The van der Waals surface area contributed by atoms with Crippen LogP contribution in [0.3, 0.4) is 0 Å². The van der Waals surface area contributed by atoms with Crippen molar-refractivity contribution >= 4 is 29.5 Å². The third-order valence-corrected chi connectivity index (χ3v) is 14.8. The van der Waals surface area contributed by atoms with Crippen molar-refractivity contribution in [3.8, 4) is 12.3 Å². The van der Waals surface area contributed by atoms with Crippen LogP contribution in [0.1, 0.15) is 85.5 Å². The highest BCUT2D eigenvalue weighted by molar-refractivity contribution is 8.00. The number of carbonyl (C=O) groups excluding carboxylic acids is 3. The fraction of sp³-hybridized carbons (Fsp3) is 0.800. The first-order chi connectivity index (χ1) is 21.3. The zero-order chi connectivity index (χ0) is 32.4. The van der Waals surface area contributed by atoms with E-state index < -0.39 is 18.2 Å². The van der Waals surface area contributed by atoms with Crippen LogP contribution in [0.2, 0.25) is 0 Å². The lowest BCUT2D eigenvalue weighted by Gasteiger charge is -2.63. The molecular formula is C35H51N3O6S. The Labute approximate surface area is 271 Å². The van der Waals surface area contributed by atoms with Crippen molar-refractivity contribution in [2.24, 2.45) is 46.3 Å². The quantitative estimate of drug-likeness (QED) is 0.213. The van der Waals surface area contributed by atoms with Gasteiger partial charge in [-0.3, -0.25) is 19.3 Å². The average molecular weight is 642 g/mol. The van der Waals surface area contributed by atoms with E-state index in [2.05, 4.69) is 37.3 Å². The molecule has 2 heterocycles. The molecule has 1 saturated heterocycles. The molecule has 6 aliphatic rings. The number of aliphatic hydroxyl groups is 3. The SMILES string of the molecule is C#CCNC(=O)C1=C(C)CSC2C(NC(=O)CCC(C)C3CCC4C5C(O)CC6CC(O)CCC6(C)C5CC(O)C34C)C(=O)N12. The fourth-order valence-electron chi connectivity index (χ4n) is 10.9. The number of hydrogen-bond donors (Lipinski definition) is 5. The third kappa shape index (κ3) is 5.25. The molecule has 9 nitrogen and oxygen atoms in total. The van der Waals surface area contributed by atoms with Crippen LogP contribution in [-0.4, -0.2) is 80.0 Å². The molecule has 5 fully saturated rings. The summed E-state index contributed by atoms with van der Waals surface area (Å²) in [5, 5.41) is 39.0. The van der Waals surface area contributed by atoms with Gasteiger partial charge in [0.15, 0.2) is 0 Å². The van der Waals surface area contributed by atoms with Gasteiger partial charge in [-0.2, -0.15) is 0 Å².